The zero-order valence-corrected chi connectivity index (χ0v) is 12.2. The van der Waals surface area contributed by atoms with Gasteiger partial charge >= 0.3 is 0 Å². The van der Waals surface area contributed by atoms with Crippen LogP contribution in [0.1, 0.15) is 27.7 Å². The lowest BCUT2D eigenvalue weighted by molar-refractivity contribution is -0.119. The van der Waals surface area contributed by atoms with Crippen LogP contribution < -0.4 is 15.4 Å². The number of rotatable bonds is 7. The molecule has 1 rings (SSSR count). The molecule has 0 atom stereocenters. The Morgan fingerprint density at radius 2 is 1.89 bits per heavy atom. The van der Waals surface area contributed by atoms with Gasteiger partial charge in [-0.25, -0.2) is 0 Å². The van der Waals surface area contributed by atoms with Crippen LogP contribution in [-0.2, 0) is 4.79 Å². The maximum atomic E-state index is 11.6. The Hall–Kier alpha value is -1.71. The SMILES string of the molecule is CC(C)CNC(=O)CNc1ccccc1OC(C)C. The molecular formula is C15H24N2O2. The molecule has 19 heavy (non-hydrogen) atoms. The molecule has 0 saturated heterocycles. The number of amides is 1. The fourth-order valence-corrected chi connectivity index (χ4v) is 1.53. The highest BCUT2D eigenvalue weighted by Gasteiger charge is 2.07. The van der Waals surface area contributed by atoms with Crippen molar-refractivity contribution >= 4 is 11.6 Å². The van der Waals surface area contributed by atoms with Crippen LogP contribution in [0.25, 0.3) is 0 Å². The summed E-state index contributed by atoms with van der Waals surface area (Å²) in [6.45, 7) is 9.05. The van der Waals surface area contributed by atoms with E-state index in [1.54, 1.807) is 0 Å². The number of hydrogen-bond donors (Lipinski definition) is 2. The second-order valence-corrected chi connectivity index (χ2v) is 5.21. The topological polar surface area (TPSA) is 50.4 Å². The lowest BCUT2D eigenvalue weighted by atomic mass is 10.2. The van der Waals surface area contributed by atoms with E-state index in [4.69, 9.17) is 4.74 Å². The zero-order chi connectivity index (χ0) is 14.3. The van der Waals surface area contributed by atoms with Crippen molar-refractivity contribution in [3.05, 3.63) is 24.3 Å². The van der Waals surface area contributed by atoms with Gasteiger partial charge in [-0.05, 0) is 31.9 Å². The van der Waals surface area contributed by atoms with E-state index in [-0.39, 0.29) is 18.6 Å². The van der Waals surface area contributed by atoms with Crippen molar-refractivity contribution in [3.8, 4) is 5.75 Å². The predicted octanol–water partition coefficient (Wildman–Crippen LogP) is 2.66. The van der Waals surface area contributed by atoms with Gasteiger partial charge in [0.25, 0.3) is 0 Å². The number of benzene rings is 1. The van der Waals surface area contributed by atoms with Crippen molar-refractivity contribution in [3.63, 3.8) is 0 Å². The number of ether oxygens (including phenoxy) is 1. The summed E-state index contributed by atoms with van der Waals surface area (Å²) in [5.41, 5.74) is 0.843. The van der Waals surface area contributed by atoms with Crippen molar-refractivity contribution in [2.45, 2.75) is 33.8 Å². The fraction of sp³-hybridized carbons (Fsp3) is 0.533. The largest absolute Gasteiger partial charge is 0.489 e. The van der Waals surface area contributed by atoms with Crippen LogP contribution in [0.3, 0.4) is 0 Å². The molecule has 0 fully saturated rings. The first-order valence-electron chi connectivity index (χ1n) is 6.75. The van der Waals surface area contributed by atoms with E-state index < -0.39 is 0 Å². The molecule has 0 radical (unpaired) electrons. The summed E-state index contributed by atoms with van der Waals surface area (Å²) in [5, 5.41) is 5.98. The number of nitrogens with one attached hydrogen (secondary N) is 2. The standard InChI is InChI=1S/C15H24N2O2/c1-11(2)9-17-15(18)10-16-13-7-5-6-8-14(13)19-12(3)4/h5-8,11-12,16H,9-10H2,1-4H3,(H,17,18). The molecule has 0 spiro atoms. The molecule has 0 aliphatic carbocycles. The minimum Gasteiger partial charge on any atom is -0.489 e. The van der Waals surface area contributed by atoms with Gasteiger partial charge in [0.05, 0.1) is 18.3 Å². The first kappa shape index (κ1) is 15.3. The second kappa shape index (κ2) is 7.67. The number of hydrogen-bond acceptors (Lipinski definition) is 3. The Morgan fingerprint density at radius 1 is 1.21 bits per heavy atom. The molecule has 0 aliphatic rings. The van der Waals surface area contributed by atoms with Crippen LogP contribution in [-0.4, -0.2) is 25.1 Å². The molecule has 106 valence electrons. The van der Waals surface area contributed by atoms with Gasteiger partial charge in [-0.2, -0.15) is 0 Å². The second-order valence-electron chi connectivity index (χ2n) is 5.21. The summed E-state index contributed by atoms with van der Waals surface area (Å²) in [4.78, 5) is 11.6. The first-order chi connectivity index (χ1) is 8.99. The molecule has 1 amide bonds. The van der Waals surface area contributed by atoms with Gasteiger partial charge in [0.2, 0.25) is 5.91 Å². The summed E-state index contributed by atoms with van der Waals surface area (Å²) in [5.74, 6) is 1.22. The van der Waals surface area contributed by atoms with Crippen LogP contribution in [0.2, 0.25) is 0 Å². The van der Waals surface area contributed by atoms with E-state index >= 15 is 0 Å². The van der Waals surface area contributed by atoms with Crippen molar-refractivity contribution in [1.29, 1.82) is 0 Å². The third kappa shape index (κ3) is 6.13. The maximum Gasteiger partial charge on any atom is 0.239 e. The molecular weight excluding hydrogens is 240 g/mol. The Balaban J connectivity index is 2.50. The smallest absolute Gasteiger partial charge is 0.239 e. The highest BCUT2D eigenvalue weighted by Crippen LogP contribution is 2.24. The van der Waals surface area contributed by atoms with Gasteiger partial charge in [-0.3, -0.25) is 4.79 Å². The van der Waals surface area contributed by atoms with Gasteiger partial charge in [0.1, 0.15) is 5.75 Å². The van der Waals surface area contributed by atoms with Gasteiger partial charge < -0.3 is 15.4 Å². The first-order valence-corrected chi connectivity index (χ1v) is 6.75. The molecule has 0 heterocycles. The summed E-state index contributed by atoms with van der Waals surface area (Å²) in [6.07, 6.45) is 0.109. The molecule has 0 unspecified atom stereocenters. The average molecular weight is 264 g/mol. The molecule has 0 saturated carbocycles. The van der Waals surface area contributed by atoms with Crippen molar-refractivity contribution in [2.75, 3.05) is 18.4 Å². The van der Waals surface area contributed by atoms with Crippen LogP contribution in [0.5, 0.6) is 5.75 Å². The number of carbonyl (C=O) groups excluding carboxylic acids is 1. The zero-order valence-electron chi connectivity index (χ0n) is 12.2. The maximum absolute atomic E-state index is 11.6. The van der Waals surface area contributed by atoms with Crippen LogP contribution in [0.15, 0.2) is 24.3 Å². The number of para-hydroxylation sites is 2. The summed E-state index contributed by atoms with van der Waals surface area (Å²) < 4.78 is 5.68. The number of anilines is 1. The molecule has 4 heteroatoms. The van der Waals surface area contributed by atoms with E-state index in [0.29, 0.717) is 12.5 Å². The van der Waals surface area contributed by atoms with Crippen molar-refractivity contribution in [1.82, 2.24) is 5.32 Å². The van der Waals surface area contributed by atoms with Crippen molar-refractivity contribution < 1.29 is 9.53 Å². The number of carbonyl (C=O) groups is 1. The predicted molar refractivity (Wildman–Crippen MR) is 78.5 cm³/mol. The van der Waals surface area contributed by atoms with E-state index in [9.17, 15) is 4.79 Å². The lowest BCUT2D eigenvalue weighted by Gasteiger charge is -2.15. The molecule has 0 aromatic heterocycles. The molecule has 2 N–H and O–H groups in total. The minimum atomic E-state index is -0.00644. The summed E-state index contributed by atoms with van der Waals surface area (Å²) in [7, 11) is 0. The quantitative estimate of drug-likeness (QED) is 0.796. The third-order valence-electron chi connectivity index (χ3n) is 2.40. The average Bonchev–Trinajstić information content (AvgIpc) is 2.34. The Bertz CT molecular complexity index is 403. The lowest BCUT2D eigenvalue weighted by Crippen LogP contribution is -2.32. The fourth-order valence-electron chi connectivity index (χ4n) is 1.53. The van der Waals surface area contributed by atoms with E-state index in [2.05, 4.69) is 24.5 Å². The Kier molecular flexibility index (Phi) is 6.19. The van der Waals surface area contributed by atoms with Crippen molar-refractivity contribution in [2.24, 2.45) is 5.92 Å². The highest BCUT2D eigenvalue weighted by molar-refractivity contribution is 5.81. The molecule has 0 bridgehead atoms. The monoisotopic (exact) mass is 264 g/mol. The van der Waals surface area contributed by atoms with Crippen LogP contribution in [0.4, 0.5) is 5.69 Å². The van der Waals surface area contributed by atoms with E-state index in [1.165, 1.54) is 0 Å². The molecule has 1 aromatic rings. The van der Waals surface area contributed by atoms with Crippen LogP contribution in [0, 0.1) is 5.92 Å². The van der Waals surface area contributed by atoms with E-state index in [1.807, 2.05) is 38.1 Å². The third-order valence-corrected chi connectivity index (χ3v) is 2.40. The van der Waals surface area contributed by atoms with Crippen LogP contribution >= 0.6 is 0 Å². The Morgan fingerprint density at radius 3 is 2.53 bits per heavy atom. The van der Waals surface area contributed by atoms with Gasteiger partial charge in [0.15, 0.2) is 0 Å². The van der Waals surface area contributed by atoms with Gasteiger partial charge in [0, 0.05) is 6.54 Å². The van der Waals surface area contributed by atoms with E-state index in [0.717, 1.165) is 11.4 Å². The minimum absolute atomic E-state index is 0.00644. The van der Waals surface area contributed by atoms with Gasteiger partial charge in [-0.15, -0.1) is 0 Å². The normalized spacial score (nSPS) is 10.6. The van der Waals surface area contributed by atoms with Gasteiger partial charge in [-0.1, -0.05) is 26.0 Å². The molecule has 4 nitrogen and oxygen atoms in total. The Labute approximate surface area is 115 Å². The summed E-state index contributed by atoms with van der Waals surface area (Å²) in [6, 6.07) is 7.64. The summed E-state index contributed by atoms with van der Waals surface area (Å²) >= 11 is 0. The highest BCUT2D eigenvalue weighted by atomic mass is 16.5. The molecule has 0 aliphatic heterocycles. The molecule has 1 aromatic carbocycles.